The normalized spacial score (nSPS) is 13.0. The summed E-state index contributed by atoms with van der Waals surface area (Å²) >= 11 is -2.56. The number of rotatable bonds is 11. The fourth-order valence-electron chi connectivity index (χ4n) is 3.45. The van der Waals surface area contributed by atoms with Crippen LogP contribution in [0.5, 0.6) is 0 Å². The standard InChI is InChI=1S/C8H11O.3C4H9.Sn/c1-4-5-6-7-8(2,3)9;3*1-3-4-2;/h6,9H,1-3H3;3*1,3-4H2,2H3;. The van der Waals surface area contributed by atoms with Gasteiger partial charge in [0.25, 0.3) is 0 Å². The summed E-state index contributed by atoms with van der Waals surface area (Å²) in [7, 11) is 0. The summed E-state index contributed by atoms with van der Waals surface area (Å²) in [4.78, 5) is 0. The second kappa shape index (κ2) is 11.6. The monoisotopic (exact) mass is 414 g/mol. The molecule has 2 heteroatoms. The van der Waals surface area contributed by atoms with Crippen LogP contribution in [0.2, 0.25) is 13.3 Å². The van der Waals surface area contributed by atoms with Gasteiger partial charge in [-0.3, -0.25) is 0 Å². The molecule has 0 saturated carbocycles. The molecule has 0 aromatic heterocycles. The molecule has 0 aromatic carbocycles. The molecule has 0 rings (SSSR count). The van der Waals surface area contributed by atoms with Gasteiger partial charge in [0.15, 0.2) is 0 Å². The van der Waals surface area contributed by atoms with Crippen molar-refractivity contribution in [3.8, 4) is 11.8 Å². The van der Waals surface area contributed by atoms with Crippen LogP contribution in [-0.2, 0) is 0 Å². The molecule has 0 aliphatic heterocycles. The van der Waals surface area contributed by atoms with Crippen LogP contribution in [0, 0.1) is 11.8 Å². The average molecular weight is 413 g/mol. The van der Waals surface area contributed by atoms with E-state index in [0.717, 1.165) is 0 Å². The number of aliphatic hydroxyl groups is 1. The van der Waals surface area contributed by atoms with Crippen LogP contribution in [0.4, 0.5) is 0 Å². The van der Waals surface area contributed by atoms with E-state index in [-0.39, 0.29) is 0 Å². The molecule has 0 aliphatic carbocycles. The Morgan fingerprint density at radius 2 is 1.36 bits per heavy atom. The van der Waals surface area contributed by atoms with E-state index in [4.69, 9.17) is 0 Å². The average Bonchev–Trinajstić information content (AvgIpc) is 2.47. The fraction of sp³-hybridized carbons (Fsp3) is 0.800. The maximum atomic E-state index is 10.9. The molecule has 0 heterocycles. The van der Waals surface area contributed by atoms with Gasteiger partial charge in [-0.2, -0.15) is 0 Å². The van der Waals surface area contributed by atoms with Gasteiger partial charge in [0.1, 0.15) is 0 Å². The summed E-state index contributed by atoms with van der Waals surface area (Å²) in [5, 5.41) is 10.9. The Kier molecular flexibility index (Phi) is 11.6. The van der Waals surface area contributed by atoms with E-state index in [2.05, 4.69) is 38.7 Å². The summed E-state index contributed by atoms with van der Waals surface area (Å²) in [6, 6.07) is 0. The Hall–Kier alpha value is 0.0587. The van der Waals surface area contributed by atoms with Crippen LogP contribution < -0.4 is 0 Å². The molecule has 0 amide bonds. The Morgan fingerprint density at radius 3 is 1.64 bits per heavy atom. The molecule has 1 nitrogen and oxygen atoms in total. The zero-order valence-electron chi connectivity index (χ0n) is 15.9. The van der Waals surface area contributed by atoms with E-state index in [1.54, 1.807) is 0 Å². The van der Waals surface area contributed by atoms with Crippen molar-refractivity contribution < 1.29 is 5.11 Å². The van der Waals surface area contributed by atoms with E-state index in [1.165, 1.54) is 55.4 Å². The van der Waals surface area contributed by atoms with Gasteiger partial charge in [0, 0.05) is 0 Å². The van der Waals surface area contributed by atoms with E-state index >= 15 is 0 Å². The molecule has 0 unspecified atom stereocenters. The van der Waals surface area contributed by atoms with Gasteiger partial charge < -0.3 is 0 Å². The minimum absolute atomic E-state index is 0.699. The quantitative estimate of drug-likeness (QED) is 0.321. The van der Waals surface area contributed by atoms with Gasteiger partial charge >= 0.3 is 144 Å². The summed E-state index contributed by atoms with van der Waals surface area (Å²) in [6.07, 6.45) is 9.83. The molecule has 1 N–H and O–H groups in total. The van der Waals surface area contributed by atoms with E-state index in [0.29, 0.717) is 0 Å². The molecule has 0 saturated heterocycles. The van der Waals surface area contributed by atoms with Crippen LogP contribution in [0.1, 0.15) is 80.1 Å². The number of unbranched alkanes of at least 4 members (excludes halogenated alkanes) is 3. The number of hydrogen-bond donors (Lipinski definition) is 1. The first-order valence-corrected chi connectivity index (χ1v) is 16.7. The van der Waals surface area contributed by atoms with Crippen molar-refractivity contribution in [3.05, 3.63) is 9.67 Å². The second-order valence-corrected chi connectivity index (χ2v) is 20.2. The predicted octanol–water partition coefficient (Wildman–Crippen LogP) is 6.10. The van der Waals surface area contributed by atoms with Crippen LogP contribution in [0.15, 0.2) is 9.67 Å². The topological polar surface area (TPSA) is 20.2 Å². The second-order valence-electron chi connectivity index (χ2n) is 7.10. The maximum absolute atomic E-state index is 10.9. The Morgan fingerprint density at radius 1 is 0.955 bits per heavy atom. The third-order valence-corrected chi connectivity index (χ3v) is 21.3. The fourth-order valence-corrected chi connectivity index (χ4v) is 21.5. The molecule has 128 valence electrons. The number of allylic oxidation sites excluding steroid dienone is 1. The Labute approximate surface area is 143 Å². The van der Waals surface area contributed by atoms with Crippen LogP contribution in [-0.4, -0.2) is 29.1 Å². The Balaban J connectivity index is 5.80. The SMILES string of the molecule is CC#C/C=[C](/C(C)(C)O)[Sn]([CH2]CCC)([CH2]CCC)[CH2]CCC. The molecular formula is C20H38OSn. The molecular weight excluding hydrogens is 375 g/mol. The van der Waals surface area contributed by atoms with Crippen molar-refractivity contribution in [2.45, 2.75) is 99.0 Å². The molecule has 0 bridgehead atoms. The Bertz CT molecular complexity index is 357. The van der Waals surface area contributed by atoms with Crippen molar-refractivity contribution in [2.75, 3.05) is 0 Å². The van der Waals surface area contributed by atoms with Gasteiger partial charge in [0.05, 0.1) is 0 Å². The van der Waals surface area contributed by atoms with E-state index in [9.17, 15) is 5.11 Å². The molecule has 0 aromatic rings. The third kappa shape index (κ3) is 7.55. The molecule has 0 atom stereocenters. The molecule has 0 spiro atoms. The van der Waals surface area contributed by atoms with Crippen LogP contribution in [0.3, 0.4) is 0 Å². The summed E-state index contributed by atoms with van der Waals surface area (Å²) in [5.74, 6) is 6.18. The van der Waals surface area contributed by atoms with E-state index in [1.807, 2.05) is 20.8 Å². The number of hydrogen-bond acceptors (Lipinski definition) is 1. The van der Waals surface area contributed by atoms with Crippen molar-refractivity contribution in [1.82, 2.24) is 0 Å². The van der Waals surface area contributed by atoms with E-state index < -0.39 is 24.0 Å². The van der Waals surface area contributed by atoms with Crippen molar-refractivity contribution in [3.63, 3.8) is 0 Å². The summed E-state index contributed by atoms with van der Waals surface area (Å²) < 4.78 is 5.51. The first kappa shape index (κ1) is 22.1. The first-order valence-electron chi connectivity index (χ1n) is 9.23. The van der Waals surface area contributed by atoms with Crippen molar-refractivity contribution in [1.29, 1.82) is 0 Å². The van der Waals surface area contributed by atoms with Crippen LogP contribution in [0.25, 0.3) is 0 Å². The van der Waals surface area contributed by atoms with Crippen molar-refractivity contribution in [2.24, 2.45) is 0 Å². The van der Waals surface area contributed by atoms with Gasteiger partial charge in [-0.1, -0.05) is 0 Å². The third-order valence-electron chi connectivity index (χ3n) is 4.62. The molecule has 0 radical (unpaired) electrons. The molecule has 22 heavy (non-hydrogen) atoms. The zero-order valence-corrected chi connectivity index (χ0v) is 18.7. The van der Waals surface area contributed by atoms with Gasteiger partial charge in [-0.05, 0) is 0 Å². The van der Waals surface area contributed by atoms with Gasteiger partial charge in [-0.15, -0.1) is 0 Å². The molecule has 0 aliphatic rings. The molecule has 0 fully saturated rings. The van der Waals surface area contributed by atoms with Gasteiger partial charge in [-0.25, -0.2) is 0 Å². The predicted molar refractivity (Wildman–Crippen MR) is 103 cm³/mol. The summed E-state index contributed by atoms with van der Waals surface area (Å²) in [6.45, 7) is 12.7. The summed E-state index contributed by atoms with van der Waals surface area (Å²) in [5.41, 5.74) is -0.699. The van der Waals surface area contributed by atoms with Crippen molar-refractivity contribution >= 4 is 18.4 Å². The first-order chi connectivity index (χ1) is 10.4. The van der Waals surface area contributed by atoms with Gasteiger partial charge in [0.2, 0.25) is 0 Å². The minimum atomic E-state index is -2.56. The van der Waals surface area contributed by atoms with Crippen LogP contribution >= 0.6 is 0 Å². The zero-order chi connectivity index (χ0) is 17.1.